The molecule has 0 aliphatic carbocycles. The number of fused-ring (bicyclic) bond motifs is 1. The molecule has 1 aliphatic heterocycles. The van der Waals surface area contributed by atoms with Crippen LogP contribution < -0.4 is 15.4 Å². The average molecular weight is 290 g/mol. The second-order valence-electron chi connectivity index (χ2n) is 4.51. The minimum atomic E-state index is -0.291. The largest absolute Gasteiger partial charge is 0.488 e. The summed E-state index contributed by atoms with van der Waals surface area (Å²) in [6.45, 7) is 2.29. The number of hydrogen-bond donors (Lipinski definition) is 2. The molecular weight excluding hydrogens is 276 g/mol. The molecular formula is C13H14N4O2S. The minimum absolute atomic E-state index is 0.0192. The van der Waals surface area contributed by atoms with E-state index in [-0.39, 0.29) is 12.1 Å². The van der Waals surface area contributed by atoms with E-state index in [1.807, 2.05) is 31.2 Å². The van der Waals surface area contributed by atoms with E-state index in [2.05, 4.69) is 20.8 Å². The molecule has 0 radical (unpaired) electrons. The standard InChI is InChI=1S/C13H14N4O2S/c1-8-16-17-13(20-8)15-12(18)14-7-10-6-9-4-2-3-5-11(9)19-10/h2-5,10H,6-7H2,1H3,(H2,14,15,17,18). The summed E-state index contributed by atoms with van der Waals surface area (Å²) in [5, 5.41) is 14.4. The van der Waals surface area contributed by atoms with Crippen LogP contribution in [0.15, 0.2) is 24.3 Å². The van der Waals surface area contributed by atoms with Crippen molar-refractivity contribution >= 4 is 22.5 Å². The quantitative estimate of drug-likeness (QED) is 0.906. The van der Waals surface area contributed by atoms with Crippen LogP contribution in [0, 0.1) is 6.92 Å². The Labute approximate surface area is 120 Å². The van der Waals surface area contributed by atoms with E-state index in [9.17, 15) is 4.79 Å². The molecule has 0 spiro atoms. The lowest BCUT2D eigenvalue weighted by Gasteiger charge is -2.11. The third-order valence-corrected chi connectivity index (χ3v) is 3.70. The Balaban J connectivity index is 1.48. The zero-order valence-electron chi connectivity index (χ0n) is 10.9. The highest BCUT2D eigenvalue weighted by Gasteiger charge is 2.22. The molecule has 1 aromatic heterocycles. The zero-order chi connectivity index (χ0) is 13.9. The van der Waals surface area contributed by atoms with Crippen molar-refractivity contribution in [3.05, 3.63) is 34.8 Å². The highest BCUT2D eigenvalue weighted by atomic mass is 32.1. The Morgan fingerprint density at radius 1 is 1.45 bits per heavy atom. The van der Waals surface area contributed by atoms with Crippen molar-refractivity contribution in [3.63, 3.8) is 0 Å². The molecule has 1 aliphatic rings. The van der Waals surface area contributed by atoms with E-state index in [1.165, 1.54) is 16.9 Å². The number of aryl methyl sites for hydroxylation is 1. The number of hydrogen-bond acceptors (Lipinski definition) is 5. The van der Waals surface area contributed by atoms with Gasteiger partial charge in [0, 0.05) is 6.42 Å². The van der Waals surface area contributed by atoms with Crippen LogP contribution in [0.1, 0.15) is 10.6 Å². The molecule has 0 saturated carbocycles. The molecule has 2 aromatic rings. The van der Waals surface area contributed by atoms with Gasteiger partial charge in [-0.3, -0.25) is 5.32 Å². The number of nitrogens with one attached hydrogen (secondary N) is 2. The van der Waals surface area contributed by atoms with Crippen LogP contribution in [0.5, 0.6) is 5.75 Å². The molecule has 2 amide bonds. The Hall–Kier alpha value is -2.15. The number of para-hydroxylation sites is 1. The van der Waals surface area contributed by atoms with Gasteiger partial charge in [0.15, 0.2) is 0 Å². The Kier molecular flexibility index (Phi) is 3.51. The van der Waals surface area contributed by atoms with Crippen molar-refractivity contribution in [2.45, 2.75) is 19.4 Å². The number of rotatable bonds is 3. The zero-order valence-corrected chi connectivity index (χ0v) is 11.7. The van der Waals surface area contributed by atoms with Crippen LogP contribution in [0.3, 0.4) is 0 Å². The maximum absolute atomic E-state index is 11.7. The van der Waals surface area contributed by atoms with Gasteiger partial charge >= 0.3 is 6.03 Å². The number of aromatic nitrogens is 2. The summed E-state index contributed by atoms with van der Waals surface area (Å²) in [5.41, 5.74) is 1.18. The van der Waals surface area contributed by atoms with Crippen LogP contribution in [0.25, 0.3) is 0 Å². The number of ether oxygens (including phenoxy) is 1. The Morgan fingerprint density at radius 3 is 3.05 bits per heavy atom. The fraction of sp³-hybridized carbons (Fsp3) is 0.308. The second-order valence-corrected chi connectivity index (χ2v) is 5.69. The van der Waals surface area contributed by atoms with Gasteiger partial charge in [0.1, 0.15) is 16.9 Å². The average Bonchev–Trinajstić information content (AvgIpc) is 3.02. The number of nitrogens with zero attached hydrogens (tertiary/aromatic N) is 2. The molecule has 20 heavy (non-hydrogen) atoms. The van der Waals surface area contributed by atoms with E-state index in [0.717, 1.165) is 17.2 Å². The van der Waals surface area contributed by atoms with Gasteiger partial charge in [-0.15, -0.1) is 10.2 Å². The van der Waals surface area contributed by atoms with Crippen LogP contribution in [0.4, 0.5) is 9.93 Å². The molecule has 0 bridgehead atoms. The molecule has 6 nitrogen and oxygen atoms in total. The molecule has 1 unspecified atom stereocenters. The molecule has 2 heterocycles. The van der Waals surface area contributed by atoms with Gasteiger partial charge < -0.3 is 10.1 Å². The van der Waals surface area contributed by atoms with Crippen molar-refractivity contribution < 1.29 is 9.53 Å². The van der Waals surface area contributed by atoms with Crippen molar-refractivity contribution in [2.75, 3.05) is 11.9 Å². The van der Waals surface area contributed by atoms with Crippen LogP contribution in [-0.4, -0.2) is 28.9 Å². The van der Waals surface area contributed by atoms with Gasteiger partial charge in [-0.05, 0) is 18.6 Å². The second kappa shape index (κ2) is 5.46. The fourth-order valence-corrected chi connectivity index (χ4v) is 2.65. The minimum Gasteiger partial charge on any atom is -0.488 e. The van der Waals surface area contributed by atoms with E-state index in [0.29, 0.717) is 11.7 Å². The number of urea groups is 1. The van der Waals surface area contributed by atoms with Gasteiger partial charge in [-0.25, -0.2) is 4.79 Å². The highest BCUT2D eigenvalue weighted by molar-refractivity contribution is 7.15. The van der Waals surface area contributed by atoms with Crippen molar-refractivity contribution in [3.8, 4) is 5.75 Å². The van der Waals surface area contributed by atoms with Crippen LogP contribution in [0.2, 0.25) is 0 Å². The van der Waals surface area contributed by atoms with Crippen LogP contribution >= 0.6 is 11.3 Å². The first-order chi connectivity index (χ1) is 9.70. The molecule has 2 N–H and O–H groups in total. The summed E-state index contributed by atoms with van der Waals surface area (Å²) < 4.78 is 5.74. The highest BCUT2D eigenvalue weighted by Crippen LogP contribution is 2.27. The molecule has 3 rings (SSSR count). The molecule has 7 heteroatoms. The predicted octanol–water partition coefficient (Wildman–Crippen LogP) is 1.97. The topological polar surface area (TPSA) is 76.1 Å². The van der Waals surface area contributed by atoms with E-state index in [4.69, 9.17) is 4.74 Å². The maximum atomic E-state index is 11.7. The smallest absolute Gasteiger partial charge is 0.321 e. The molecule has 1 aromatic carbocycles. The fourth-order valence-electron chi connectivity index (χ4n) is 2.06. The molecule has 0 saturated heterocycles. The van der Waals surface area contributed by atoms with Crippen LogP contribution in [-0.2, 0) is 6.42 Å². The van der Waals surface area contributed by atoms with Crippen molar-refractivity contribution in [1.82, 2.24) is 15.5 Å². The lowest BCUT2D eigenvalue weighted by Crippen LogP contribution is -2.37. The molecule has 1 atom stereocenters. The number of benzene rings is 1. The SMILES string of the molecule is Cc1nnc(NC(=O)NCC2Cc3ccccc3O2)s1. The summed E-state index contributed by atoms with van der Waals surface area (Å²) in [7, 11) is 0. The lowest BCUT2D eigenvalue weighted by atomic mass is 10.1. The number of amides is 2. The maximum Gasteiger partial charge on any atom is 0.321 e. The first kappa shape index (κ1) is 12.9. The number of carbonyl (C=O) groups is 1. The lowest BCUT2D eigenvalue weighted by molar-refractivity contribution is 0.219. The van der Waals surface area contributed by atoms with Gasteiger partial charge in [0.05, 0.1) is 6.54 Å². The number of anilines is 1. The molecule has 0 fully saturated rings. The molecule has 104 valence electrons. The Bertz CT molecular complexity index is 603. The van der Waals surface area contributed by atoms with E-state index < -0.39 is 0 Å². The summed E-state index contributed by atoms with van der Waals surface area (Å²) in [5.74, 6) is 0.902. The number of carbonyl (C=O) groups excluding carboxylic acids is 1. The monoisotopic (exact) mass is 290 g/mol. The first-order valence-corrected chi connectivity index (χ1v) is 7.12. The third kappa shape index (κ3) is 2.88. The predicted molar refractivity (Wildman–Crippen MR) is 76.2 cm³/mol. The third-order valence-electron chi connectivity index (χ3n) is 2.95. The summed E-state index contributed by atoms with van der Waals surface area (Å²) in [4.78, 5) is 11.7. The normalized spacial score (nSPS) is 16.4. The first-order valence-electron chi connectivity index (χ1n) is 6.30. The van der Waals surface area contributed by atoms with E-state index >= 15 is 0 Å². The summed E-state index contributed by atoms with van der Waals surface area (Å²) >= 11 is 1.34. The summed E-state index contributed by atoms with van der Waals surface area (Å²) in [6.07, 6.45) is 0.795. The van der Waals surface area contributed by atoms with Crippen molar-refractivity contribution in [1.29, 1.82) is 0 Å². The van der Waals surface area contributed by atoms with Gasteiger partial charge in [0.2, 0.25) is 5.13 Å². The van der Waals surface area contributed by atoms with E-state index in [1.54, 1.807) is 0 Å². The van der Waals surface area contributed by atoms with Gasteiger partial charge in [-0.1, -0.05) is 29.5 Å². The van der Waals surface area contributed by atoms with Crippen molar-refractivity contribution in [2.24, 2.45) is 0 Å². The van der Waals surface area contributed by atoms with Gasteiger partial charge in [0.25, 0.3) is 0 Å². The van der Waals surface area contributed by atoms with Gasteiger partial charge in [-0.2, -0.15) is 0 Å². The summed E-state index contributed by atoms with van der Waals surface area (Å²) in [6, 6.07) is 7.63. The Morgan fingerprint density at radius 2 is 2.30 bits per heavy atom.